The van der Waals surface area contributed by atoms with Crippen LogP contribution >= 0.6 is 0 Å². The SMILES string of the molecule is CCCCCCCCCCCCCCCCCCCC(=O)OC[C@H](COC(=O)CCCCCCCCC)OC(=O)CCCCCCCCCCCCCCCCCCC. The second-order valence-electron chi connectivity index (χ2n) is 18.2. The number of rotatable bonds is 49. The first-order valence-electron chi connectivity index (χ1n) is 26.5. The molecule has 0 aromatic rings. The molecule has 0 aliphatic heterocycles. The summed E-state index contributed by atoms with van der Waals surface area (Å²) in [4.78, 5) is 37.8. The van der Waals surface area contributed by atoms with Crippen molar-refractivity contribution in [3.05, 3.63) is 0 Å². The molecule has 0 saturated carbocycles. The highest BCUT2D eigenvalue weighted by atomic mass is 16.6. The molecule has 0 spiro atoms. The molecule has 0 aromatic carbocycles. The van der Waals surface area contributed by atoms with Gasteiger partial charge in [-0.3, -0.25) is 14.4 Å². The Labute approximate surface area is 368 Å². The van der Waals surface area contributed by atoms with E-state index in [1.165, 1.54) is 205 Å². The van der Waals surface area contributed by atoms with Crippen molar-refractivity contribution in [2.75, 3.05) is 13.2 Å². The maximum absolute atomic E-state index is 12.8. The number of carbonyl (C=O) groups excluding carboxylic acids is 3. The predicted molar refractivity (Wildman–Crippen MR) is 252 cm³/mol. The number of hydrogen-bond acceptors (Lipinski definition) is 6. The van der Waals surface area contributed by atoms with Gasteiger partial charge in [-0.25, -0.2) is 0 Å². The van der Waals surface area contributed by atoms with Crippen LogP contribution in [0.15, 0.2) is 0 Å². The van der Waals surface area contributed by atoms with E-state index in [1.54, 1.807) is 0 Å². The van der Waals surface area contributed by atoms with Gasteiger partial charge in [0, 0.05) is 19.3 Å². The van der Waals surface area contributed by atoms with Gasteiger partial charge in [0.15, 0.2) is 6.10 Å². The normalized spacial score (nSPS) is 11.8. The lowest BCUT2D eigenvalue weighted by Gasteiger charge is -2.18. The van der Waals surface area contributed by atoms with Gasteiger partial charge in [0.25, 0.3) is 0 Å². The third-order valence-corrected chi connectivity index (χ3v) is 12.1. The van der Waals surface area contributed by atoms with Crippen molar-refractivity contribution >= 4 is 17.9 Å². The summed E-state index contributed by atoms with van der Waals surface area (Å²) in [5.74, 6) is -0.847. The highest BCUT2D eigenvalue weighted by Gasteiger charge is 2.19. The monoisotopic (exact) mass is 835 g/mol. The average Bonchev–Trinajstić information content (AvgIpc) is 3.23. The second kappa shape index (κ2) is 49.1. The summed E-state index contributed by atoms with van der Waals surface area (Å²) in [5, 5.41) is 0. The fourth-order valence-corrected chi connectivity index (χ4v) is 8.09. The molecule has 6 heteroatoms. The van der Waals surface area contributed by atoms with Gasteiger partial charge in [-0.2, -0.15) is 0 Å². The molecule has 0 saturated heterocycles. The summed E-state index contributed by atoms with van der Waals surface area (Å²) in [7, 11) is 0. The maximum atomic E-state index is 12.8. The molecule has 0 rings (SSSR count). The van der Waals surface area contributed by atoms with Crippen LogP contribution < -0.4 is 0 Å². The van der Waals surface area contributed by atoms with Crippen LogP contribution in [0.2, 0.25) is 0 Å². The lowest BCUT2D eigenvalue weighted by molar-refractivity contribution is -0.167. The van der Waals surface area contributed by atoms with Crippen LogP contribution in [0.4, 0.5) is 0 Å². The molecule has 0 aromatic heterocycles. The molecule has 6 nitrogen and oxygen atoms in total. The number of hydrogen-bond donors (Lipinski definition) is 0. The third kappa shape index (κ3) is 47.3. The van der Waals surface area contributed by atoms with Crippen LogP contribution in [-0.4, -0.2) is 37.2 Å². The van der Waals surface area contributed by atoms with Gasteiger partial charge in [-0.15, -0.1) is 0 Å². The van der Waals surface area contributed by atoms with E-state index in [4.69, 9.17) is 14.2 Å². The van der Waals surface area contributed by atoms with Crippen molar-refractivity contribution in [2.24, 2.45) is 0 Å². The predicted octanol–water partition coefficient (Wildman–Crippen LogP) is 17.2. The number of esters is 3. The molecule has 0 amide bonds. The molecular weight excluding hydrogens is 733 g/mol. The first kappa shape index (κ1) is 57.4. The van der Waals surface area contributed by atoms with Crippen molar-refractivity contribution in [3.8, 4) is 0 Å². The standard InChI is InChI=1S/C53H102O6/c1-4-7-10-13-16-18-20-22-24-26-28-30-32-34-37-40-43-46-52(55)58-49-50(48-57-51(54)45-42-39-36-15-12-9-6-3)59-53(56)47-44-41-38-35-33-31-29-27-25-23-21-19-17-14-11-8-5-2/h50H,4-49H2,1-3H3/t50-/m0/s1. The second-order valence-corrected chi connectivity index (χ2v) is 18.2. The van der Waals surface area contributed by atoms with Crippen molar-refractivity contribution in [2.45, 2.75) is 309 Å². The Hall–Kier alpha value is -1.59. The van der Waals surface area contributed by atoms with Crippen molar-refractivity contribution in [1.82, 2.24) is 0 Å². The lowest BCUT2D eigenvalue weighted by atomic mass is 10.0. The highest BCUT2D eigenvalue weighted by Crippen LogP contribution is 2.17. The molecule has 0 bridgehead atoms. The van der Waals surface area contributed by atoms with E-state index in [1.807, 2.05) is 0 Å². The first-order valence-corrected chi connectivity index (χ1v) is 26.5. The van der Waals surface area contributed by atoms with Crippen molar-refractivity contribution in [3.63, 3.8) is 0 Å². The van der Waals surface area contributed by atoms with E-state index in [0.29, 0.717) is 19.3 Å². The first-order chi connectivity index (χ1) is 29.0. The summed E-state index contributed by atoms with van der Waals surface area (Å²) < 4.78 is 16.8. The third-order valence-electron chi connectivity index (χ3n) is 12.1. The summed E-state index contributed by atoms with van der Waals surface area (Å²) in [5.41, 5.74) is 0. The van der Waals surface area contributed by atoms with Crippen LogP contribution in [-0.2, 0) is 28.6 Å². The molecule has 0 N–H and O–H groups in total. The Bertz CT molecular complexity index is 874. The number of ether oxygens (including phenoxy) is 3. The summed E-state index contributed by atoms with van der Waals surface area (Å²) in [6, 6.07) is 0. The minimum Gasteiger partial charge on any atom is -0.462 e. The number of carbonyl (C=O) groups is 3. The zero-order chi connectivity index (χ0) is 43.0. The Balaban J connectivity index is 4.17. The summed E-state index contributed by atoms with van der Waals surface area (Å²) in [6.07, 6.45) is 52.5. The smallest absolute Gasteiger partial charge is 0.306 e. The van der Waals surface area contributed by atoms with Gasteiger partial charge in [0.1, 0.15) is 13.2 Å². The fourth-order valence-electron chi connectivity index (χ4n) is 8.09. The topological polar surface area (TPSA) is 78.9 Å². The largest absolute Gasteiger partial charge is 0.462 e. The lowest BCUT2D eigenvalue weighted by Crippen LogP contribution is -2.30. The molecule has 0 heterocycles. The zero-order valence-corrected chi connectivity index (χ0v) is 40.1. The minimum atomic E-state index is -0.759. The van der Waals surface area contributed by atoms with Gasteiger partial charge < -0.3 is 14.2 Å². The quantitative estimate of drug-likeness (QED) is 0.0345. The van der Waals surface area contributed by atoms with Gasteiger partial charge in [0.05, 0.1) is 0 Å². The van der Waals surface area contributed by atoms with Gasteiger partial charge in [-0.1, -0.05) is 265 Å². The summed E-state index contributed by atoms with van der Waals surface area (Å²) in [6.45, 7) is 6.65. The van der Waals surface area contributed by atoms with Gasteiger partial charge in [0.2, 0.25) is 0 Å². The zero-order valence-electron chi connectivity index (χ0n) is 40.1. The van der Waals surface area contributed by atoms with Crippen LogP contribution in [0.5, 0.6) is 0 Å². The molecular formula is C53H102O6. The number of unbranched alkanes of at least 4 members (excludes halogenated alkanes) is 38. The molecule has 59 heavy (non-hydrogen) atoms. The molecule has 0 fully saturated rings. The van der Waals surface area contributed by atoms with E-state index in [2.05, 4.69) is 20.8 Å². The van der Waals surface area contributed by atoms with E-state index < -0.39 is 6.10 Å². The van der Waals surface area contributed by atoms with Gasteiger partial charge in [-0.05, 0) is 19.3 Å². The molecule has 0 radical (unpaired) electrons. The minimum absolute atomic E-state index is 0.0622. The van der Waals surface area contributed by atoms with Crippen LogP contribution in [0.1, 0.15) is 303 Å². The van der Waals surface area contributed by atoms with Crippen LogP contribution in [0, 0.1) is 0 Å². The Morgan fingerprint density at radius 1 is 0.271 bits per heavy atom. The molecule has 1 atom stereocenters. The fraction of sp³-hybridized carbons (Fsp3) is 0.943. The van der Waals surface area contributed by atoms with E-state index >= 15 is 0 Å². The molecule has 0 unspecified atom stereocenters. The van der Waals surface area contributed by atoms with Gasteiger partial charge >= 0.3 is 17.9 Å². The average molecular weight is 835 g/mol. The van der Waals surface area contributed by atoms with Crippen molar-refractivity contribution in [1.29, 1.82) is 0 Å². The molecule has 0 aliphatic rings. The Kier molecular flexibility index (Phi) is 47.7. The highest BCUT2D eigenvalue weighted by molar-refractivity contribution is 5.71. The van der Waals surface area contributed by atoms with Crippen LogP contribution in [0.25, 0.3) is 0 Å². The Morgan fingerprint density at radius 3 is 0.678 bits per heavy atom. The maximum Gasteiger partial charge on any atom is 0.306 e. The van der Waals surface area contributed by atoms with E-state index in [0.717, 1.165) is 57.8 Å². The molecule has 0 aliphatic carbocycles. The van der Waals surface area contributed by atoms with Crippen molar-refractivity contribution < 1.29 is 28.6 Å². The summed E-state index contributed by atoms with van der Waals surface area (Å²) >= 11 is 0. The van der Waals surface area contributed by atoms with E-state index in [-0.39, 0.29) is 31.1 Å². The molecule has 350 valence electrons. The van der Waals surface area contributed by atoms with E-state index in [9.17, 15) is 14.4 Å². The van der Waals surface area contributed by atoms with Crippen LogP contribution in [0.3, 0.4) is 0 Å². The Morgan fingerprint density at radius 2 is 0.458 bits per heavy atom.